The van der Waals surface area contributed by atoms with E-state index in [4.69, 9.17) is 9.26 Å². The van der Waals surface area contributed by atoms with E-state index in [1.165, 1.54) is 0 Å². The van der Waals surface area contributed by atoms with Crippen LogP contribution in [-0.4, -0.2) is 29.8 Å². The van der Waals surface area contributed by atoms with Gasteiger partial charge in [0.25, 0.3) is 5.89 Å². The highest BCUT2D eigenvalue weighted by Gasteiger charge is 2.11. The van der Waals surface area contributed by atoms with Crippen molar-refractivity contribution in [3.8, 4) is 17.1 Å². The van der Waals surface area contributed by atoms with Gasteiger partial charge < -0.3 is 29.2 Å². The number of hydrogen-bond donors (Lipinski definition) is 3. The highest BCUT2D eigenvalue weighted by molar-refractivity contribution is 5.84. The van der Waals surface area contributed by atoms with Crippen LogP contribution in [0.3, 0.4) is 0 Å². The van der Waals surface area contributed by atoms with Gasteiger partial charge in [0, 0.05) is 47.0 Å². The number of aliphatic hydroxyl groups excluding tert-OH is 1. The van der Waals surface area contributed by atoms with E-state index < -0.39 is 6.23 Å². The number of ether oxygens (including phenoxy) is 1. The zero-order chi connectivity index (χ0) is 24.6. The second-order valence-corrected chi connectivity index (χ2v) is 8.66. The lowest BCUT2D eigenvalue weighted by Crippen LogP contribution is -2.09. The fourth-order valence-corrected chi connectivity index (χ4v) is 4.19. The molecular formula is C27H24N6O3. The number of imidazole rings is 1. The summed E-state index contributed by atoms with van der Waals surface area (Å²) < 4.78 is 12.9. The van der Waals surface area contributed by atoms with E-state index in [-0.39, 0.29) is 6.61 Å². The van der Waals surface area contributed by atoms with Gasteiger partial charge in [0.1, 0.15) is 11.6 Å². The molecule has 3 N–H and O–H groups in total. The minimum atomic E-state index is -0.835. The molecule has 6 aromatic rings. The smallest absolute Gasteiger partial charge is 0.264 e. The quantitative estimate of drug-likeness (QED) is 0.273. The average Bonchev–Trinajstić information content (AvgIpc) is 3.61. The van der Waals surface area contributed by atoms with Crippen LogP contribution < -0.4 is 10.1 Å². The third-order valence-corrected chi connectivity index (χ3v) is 6.07. The van der Waals surface area contributed by atoms with Crippen LogP contribution in [0.4, 0.5) is 5.69 Å². The Balaban J connectivity index is 1.15. The van der Waals surface area contributed by atoms with Gasteiger partial charge in [-0.15, -0.1) is 0 Å². The van der Waals surface area contributed by atoms with Gasteiger partial charge in [-0.05, 0) is 43.3 Å². The molecule has 6 rings (SSSR count). The summed E-state index contributed by atoms with van der Waals surface area (Å²) in [5.74, 6) is 2.41. The Morgan fingerprint density at radius 2 is 1.92 bits per heavy atom. The first kappa shape index (κ1) is 21.9. The fraction of sp³-hybridized carbons (Fsp3) is 0.148. The number of nitrogens with zero attached hydrogens (tertiary/aromatic N) is 4. The molecule has 0 aliphatic carbocycles. The maximum atomic E-state index is 10.7. The SMILES string of the molecule is Cc1noc(COc2ccc3nc(-c4ccc(C(O)Nc5ccc6c(ccn6C)c5)cc4)[nH]c3c2)n1. The number of H-pyrrole nitrogens is 1. The van der Waals surface area contributed by atoms with Gasteiger partial charge in [-0.3, -0.25) is 0 Å². The van der Waals surface area contributed by atoms with Crippen molar-refractivity contribution < 1.29 is 14.4 Å². The van der Waals surface area contributed by atoms with Gasteiger partial charge in [-0.25, -0.2) is 4.98 Å². The molecule has 0 fully saturated rings. The summed E-state index contributed by atoms with van der Waals surface area (Å²) in [5, 5.41) is 18.8. The van der Waals surface area contributed by atoms with Gasteiger partial charge in [0.2, 0.25) is 0 Å². The Kier molecular flexibility index (Phi) is 5.38. The molecule has 9 nitrogen and oxygen atoms in total. The topological polar surface area (TPSA) is 114 Å². The monoisotopic (exact) mass is 480 g/mol. The van der Waals surface area contributed by atoms with Crippen molar-refractivity contribution in [3.05, 3.63) is 90.2 Å². The summed E-state index contributed by atoms with van der Waals surface area (Å²) in [6.07, 6.45) is 1.19. The second kappa shape index (κ2) is 8.86. The third kappa shape index (κ3) is 4.27. The average molecular weight is 481 g/mol. The number of aromatic amines is 1. The molecule has 0 saturated carbocycles. The number of aliphatic hydroxyl groups is 1. The molecule has 180 valence electrons. The van der Waals surface area contributed by atoms with Crippen molar-refractivity contribution in [2.75, 3.05) is 5.32 Å². The minimum Gasteiger partial charge on any atom is -0.484 e. The molecule has 0 bridgehead atoms. The lowest BCUT2D eigenvalue weighted by Gasteiger charge is -2.15. The highest BCUT2D eigenvalue weighted by atomic mass is 16.5. The number of rotatable bonds is 7. The standard InChI is InChI=1S/C27H24N6O3/c1-16-28-25(36-32-16)15-35-21-8-9-22-23(14-21)31-26(30-22)17-3-5-18(6-4-17)27(34)29-20-7-10-24-19(13-20)11-12-33(24)2/h3-14,27,29,34H,15H2,1-2H3,(H,30,31). The van der Waals surface area contributed by atoms with Gasteiger partial charge >= 0.3 is 0 Å². The molecule has 9 heteroatoms. The van der Waals surface area contributed by atoms with Crippen LogP contribution in [0.1, 0.15) is 23.5 Å². The molecular weight excluding hydrogens is 456 g/mol. The first-order chi connectivity index (χ1) is 17.5. The van der Waals surface area contributed by atoms with Gasteiger partial charge in [-0.1, -0.05) is 29.4 Å². The number of benzene rings is 3. The lowest BCUT2D eigenvalue weighted by atomic mass is 10.1. The Bertz CT molecular complexity index is 1660. The van der Waals surface area contributed by atoms with E-state index in [1.54, 1.807) is 6.92 Å². The molecule has 3 heterocycles. The van der Waals surface area contributed by atoms with E-state index in [1.807, 2.05) is 73.9 Å². The second-order valence-electron chi connectivity index (χ2n) is 8.66. The maximum absolute atomic E-state index is 10.7. The third-order valence-electron chi connectivity index (χ3n) is 6.07. The molecule has 0 aliphatic heterocycles. The lowest BCUT2D eigenvalue weighted by molar-refractivity contribution is 0.208. The van der Waals surface area contributed by atoms with Crippen molar-refractivity contribution in [1.82, 2.24) is 24.7 Å². The predicted molar refractivity (Wildman–Crippen MR) is 136 cm³/mol. The molecule has 3 aromatic heterocycles. The zero-order valence-corrected chi connectivity index (χ0v) is 19.8. The summed E-state index contributed by atoms with van der Waals surface area (Å²) >= 11 is 0. The van der Waals surface area contributed by atoms with Crippen molar-refractivity contribution in [3.63, 3.8) is 0 Å². The number of hydrogen-bond acceptors (Lipinski definition) is 7. The normalized spacial score (nSPS) is 12.3. The molecule has 0 spiro atoms. The van der Waals surface area contributed by atoms with Crippen molar-refractivity contribution in [2.45, 2.75) is 19.8 Å². The number of fused-ring (bicyclic) bond motifs is 2. The first-order valence-electron chi connectivity index (χ1n) is 11.5. The fourth-order valence-electron chi connectivity index (χ4n) is 4.19. The van der Waals surface area contributed by atoms with Gasteiger partial charge in [-0.2, -0.15) is 4.98 Å². The van der Waals surface area contributed by atoms with Crippen LogP contribution >= 0.6 is 0 Å². The van der Waals surface area contributed by atoms with Crippen LogP contribution in [0.15, 0.2) is 77.4 Å². The number of nitrogens with one attached hydrogen (secondary N) is 2. The number of aromatic nitrogens is 5. The maximum Gasteiger partial charge on any atom is 0.264 e. The Morgan fingerprint density at radius 1 is 1.06 bits per heavy atom. The van der Waals surface area contributed by atoms with E-state index in [0.717, 1.165) is 44.6 Å². The van der Waals surface area contributed by atoms with Gasteiger partial charge in [0.15, 0.2) is 18.7 Å². The van der Waals surface area contributed by atoms with E-state index in [2.05, 4.69) is 36.1 Å². The van der Waals surface area contributed by atoms with Crippen LogP contribution in [0.5, 0.6) is 5.75 Å². The minimum absolute atomic E-state index is 0.199. The molecule has 0 amide bonds. The van der Waals surface area contributed by atoms with Crippen molar-refractivity contribution in [2.24, 2.45) is 7.05 Å². The summed E-state index contributed by atoms with van der Waals surface area (Å²) in [6, 6.07) is 21.4. The van der Waals surface area contributed by atoms with Crippen LogP contribution in [0.2, 0.25) is 0 Å². The van der Waals surface area contributed by atoms with Crippen LogP contribution in [-0.2, 0) is 13.7 Å². The summed E-state index contributed by atoms with van der Waals surface area (Å²) in [7, 11) is 2.01. The molecule has 1 atom stereocenters. The van der Waals surface area contributed by atoms with E-state index in [9.17, 15) is 5.11 Å². The van der Waals surface area contributed by atoms with E-state index in [0.29, 0.717) is 17.5 Å². The van der Waals surface area contributed by atoms with Crippen molar-refractivity contribution in [1.29, 1.82) is 0 Å². The van der Waals surface area contributed by atoms with Crippen LogP contribution in [0.25, 0.3) is 33.3 Å². The highest BCUT2D eigenvalue weighted by Crippen LogP contribution is 2.27. The summed E-state index contributed by atoms with van der Waals surface area (Å²) in [4.78, 5) is 12.2. The zero-order valence-electron chi connectivity index (χ0n) is 19.8. The van der Waals surface area contributed by atoms with Crippen molar-refractivity contribution >= 4 is 27.6 Å². The Morgan fingerprint density at radius 3 is 2.72 bits per heavy atom. The molecule has 36 heavy (non-hydrogen) atoms. The van der Waals surface area contributed by atoms with E-state index >= 15 is 0 Å². The molecule has 3 aromatic carbocycles. The molecule has 0 radical (unpaired) electrons. The number of aryl methyl sites for hydroxylation is 2. The van der Waals surface area contributed by atoms with Crippen LogP contribution in [0, 0.1) is 6.92 Å². The number of anilines is 1. The predicted octanol–water partition coefficient (Wildman–Crippen LogP) is 5.10. The largest absolute Gasteiger partial charge is 0.484 e. The molecule has 0 aliphatic rings. The molecule has 0 saturated heterocycles. The summed E-state index contributed by atoms with van der Waals surface area (Å²) in [5.41, 5.74) is 5.35. The Hall–Kier alpha value is -4.63. The Labute approximate surface area is 206 Å². The first-order valence-corrected chi connectivity index (χ1v) is 11.5. The summed E-state index contributed by atoms with van der Waals surface area (Å²) in [6.45, 7) is 1.96. The van der Waals surface area contributed by atoms with Gasteiger partial charge in [0.05, 0.1) is 11.0 Å². The molecule has 1 unspecified atom stereocenters.